The van der Waals surface area contributed by atoms with Crippen LogP contribution in [0.15, 0.2) is 0 Å². The minimum Gasteiger partial charge on any atom is -0.396 e. The number of aliphatic hydroxyl groups is 1. The molecule has 0 aromatic heterocycles. The highest BCUT2D eigenvalue weighted by Gasteiger charge is 2.21. The maximum atomic E-state index is 9.28. The molecule has 1 heterocycles. The molecule has 78 valence electrons. The Morgan fingerprint density at radius 1 is 1.38 bits per heavy atom. The van der Waals surface area contributed by atoms with Gasteiger partial charge in [0.05, 0.1) is 0 Å². The van der Waals surface area contributed by atoms with Gasteiger partial charge < -0.3 is 10.4 Å². The molecule has 13 heavy (non-hydrogen) atoms. The van der Waals surface area contributed by atoms with Crippen LogP contribution in [0.25, 0.3) is 0 Å². The van der Waals surface area contributed by atoms with Gasteiger partial charge in [0, 0.05) is 6.61 Å². The highest BCUT2D eigenvalue weighted by Crippen LogP contribution is 2.25. The minimum atomic E-state index is 0.394. The Bertz CT molecular complexity index is 121. The number of aliphatic hydroxyl groups excluding tert-OH is 1. The molecule has 0 aromatic rings. The Kier molecular flexibility index (Phi) is 5.40. The van der Waals surface area contributed by atoms with E-state index in [4.69, 9.17) is 0 Å². The first-order valence-electron chi connectivity index (χ1n) is 5.70. The molecule has 1 atom stereocenters. The zero-order valence-electron chi connectivity index (χ0n) is 8.76. The van der Waals surface area contributed by atoms with Crippen LogP contribution in [0.4, 0.5) is 0 Å². The van der Waals surface area contributed by atoms with Crippen molar-refractivity contribution in [3.8, 4) is 0 Å². The SMILES string of the molecule is CCCCC(CO)C1CCNCC1. The van der Waals surface area contributed by atoms with E-state index in [1.54, 1.807) is 0 Å². The van der Waals surface area contributed by atoms with Crippen molar-refractivity contribution in [1.82, 2.24) is 5.32 Å². The predicted molar refractivity (Wildman–Crippen MR) is 55.7 cm³/mol. The van der Waals surface area contributed by atoms with Crippen LogP contribution in [0.2, 0.25) is 0 Å². The lowest BCUT2D eigenvalue weighted by molar-refractivity contribution is 0.142. The van der Waals surface area contributed by atoms with Gasteiger partial charge in [-0.3, -0.25) is 0 Å². The number of rotatable bonds is 5. The molecule has 2 heteroatoms. The summed E-state index contributed by atoms with van der Waals surface area (Å²) in [4.78, 5) is 0. The molecule has 1 aliphatic rings. The standard InChI is InChI=1S/C11H23NO/c1-2-3-4-11(9-13)10-5-7-12-8-6-10/h10-13H,2-9H2,1H3. The lowest BCUT2D eigenvalue weighted by atomic mass is 9.82. The maximum Gasteiger partial charge on any atom is 0.0461 e. The molecular weight excluding hydrogens is 162 g/mol. The monoisotopic (exact) mass is 185 g/mol. The van der Waals surface area contributed by atoms with E-state index < -0.39 is 0 Å². The lowest BCUT2D eigenvalue weighted by Crippen LogP contribution is -2.32. The van der Waals surface area contributed by atoms with Gasteiger partial charge in [-0.1, -0.05) is 19.8 Å². The highest BCUT2D eigenvalue weighted by molar-refractivity contribution is 4.75. The fraction of sp³-hybridized carbons (Fsp3) is 1.00. The molecular formula is C11H23NO. The minimum absolute atomic E-state index is 0.394. The summed E-state index contributed by atoms with van der Waals surface area (Å²) in [5.41, 5.74) is 0. The molecule has 0 aromatic carbocycles. The lowest BCUT2D eigenvalue weighted by Gasteiger charge is -2.29. The van der Waals surface area contributed by atoms with Crippen molar-refractivity contribution < 1.29 is 5.11 Å². The molecule has 0 radical (unpaired) electrons. The molecule has 0 saturated carbocycles. The van der Waals surface area contributed by atoms with Gasteiger partial charge in [0.15, 0.2) is 0 Å². The fourth-order valence-electron chi connectivity index (χ4n) is 2.26. The summed E-state index contributed by atoms with van der Waals surface area (Å²) in [6, 6.07) is 0. The normalized spacial score (nSPS) is 21.7. The third-order valence-corrected chi connectivity index (χ3v) is 3.21. The van der Waals surface area contributed by atoms with Gasteiger partial charge >= 0.3 is 0 Å². The van der Waals surface area contributed by atoms with Crippen LogP contribution < -0.4 is 5.32 Å². The van der Waals surface area contributed by atoms with Crippen LogP contribution in [0.1, 0.15) is 39.0 Å². The predicted octanol–water partition coefficient (Wildman–Crippen LogP) is 1.78. The first kappa shape index (κ1) is 11.0. The zero-order chi connectivity index (χ0) is 9.52. The Labute approximate surface area is 81.7 Å². The van der Waals surface area contributed by atoms with E-state index in [0.717, 1.165) is 19.0 Å². The van der Waals surface area contributed by atoms with E-state index in [-0.39, 0.29) is 0 Å². The van der Waals surface area contributed by atoms with E-state index in [0.29, 0.717) is 12.5 Å². The number of hydrogen-bond donors (Lipinski definition) is 2. The van der Waals surface area contributed by atoms with Crippen LogP contribution in [-0.2, 0) is 0 Å². The molecule has 1 saturated heterocycles. The average Bonchev–Trinajstić information content (AvgIpc) is 2.21. The van der Waals surface area contributed by atoms with Gasteiger partial charge in [-0.2, -0.15) is 0 Å². The summed E-state index contributed by atoms with van der Waals surface area (Å²) in [6.07, 6.45) is 6.26. The van der Waals surface area contributed by atoms with Crippen molar-refractivity contribution in [1.29, 1.82) is 0 Å². The summed E-state index contributed by atoms with van der Waals surface area (Å²) in [5, 5.41) is 12.7. The number of unbranched alkanes of at least 4 members (excludes halogenated alkanes) is 1. The molecule has 0 aliphatic carbocycles. The van der Waals surface area contributed by atoms with Gasteiger partial charge in [0.1, 0.15) is 0 Å². The van der Waals surface area contributed by atoms with Crippen LogP contribution in [0, 0.1) is 11.8 Å². The topological polar surface area (TPSA) is 32.3 Å². The summed E-state index contributed by atoms with van der Waals surface area (Å²) >= 11 is 0. The Morgan fingerprint density at radius 2 is 2.08 bits per heavy atom. The molecule has 1 rings (SSSR count). The van der Waals surface area contributed by atoms with Crippen molar-refractivity contribution in [2.75, 3.05) is 19.7 Å². The Morgan fingerprint density at radius 3 is 2.62 bits per heavy atom. The molecule has 1 unspecified atom stereocenters. The highest BCUT2D eigenvalue weighted by atomic mass is 16.3. The Balaban J connectivity index is 2.26. The first-order valence-corrected chi connectivity index (χ1v) is 5.70. The molecule has 1 aliphatic heterocycles. The molecule has 0 bridgehead atoms. The Hall–Kier alpha value is -0.0800. The second-order valence-corrected chi connectivity index (χ2v) is 4.17. The van der Waals surface area contributed by atoms with Gasteiger partial charge in [-0.15, -0.1) is 0 Å². The molecule has 1 fully saturated rings. The largest absolute Gasteiger partial charge is 0.396 e. The van der Waals surface area contributed by atoms with Crippen molar-refractivity contribution in [2.24, 2.45) is 11.8 Å². The quantitative estimate of drug-likeness (QED) is 0.684. The van der Waals surface area contributed by atoms with E-state index in [2.05, 4.69) is 12.2 Å². The number of piperidine rings is 1. The zero-order valence-corrected chi connectivity index (χ0v) is 8.76. The van der Waals surface area contributed by atoms with Crippen molar-refractivity contribution in [3.05, 3.63) is 0 Å². The van der Waals surface area contributed by atoms with Crippen molar-refractivity contribution in [3.63, 3.8) is 0 Å². The van der Waals surface area contributed by atoms with Gasteiger partial charge in [0.25, 0.3) is 0 Å². The van der Waals surface area contributed by atoms with Gasteiger partial charge in [-0.05, 0) is 44.2 Å². The van der Waals surface area contributed by atoms with Gasteiger partial charge in [0.2, 0.25) is 0 Å². The van der Waals surface area contributed by atoms with Crippen LogP contribution in [0.3, 0.4) is 0 Å². The first-order chi connectivity index (χ1) is 6.38. The van der Waals surface area contributed by atoms with Crippen molar-refractivity contribution in [2.45, 2.75) is 39.0 Å². The second kappa shape index (κ2) is 6.39. The van der Waals surface area contributed by atoms with Crippen LogP contribution >= 0.6 is 0 Å². The molecule has 2 nitrogen and oxygen atoms in total. The maximum absolute atomic E-state index is 9.28. The summed E-state index contributed by atoms with van der Waals surface area (Å²) in [7, 11) is 0. The summed E-state index contributed by atoms with van der Waals surface area (Å²) < 4.78 is 0. The summed E-state index contributed by atoms with van der Waals surface area (Å²) in [5.74, 6) is 1.35. The van der Waals surface area contributed by atoms with E-state index in [9.17, 15) is 5.11 Å². The average molecular weight is 185 g/mol. The fourth-order valence-corrected chi connectivity index (χ4v) is 2.26. The molecule has 0 spiro atoms. The van der Waals surface area contributed by atoms with Crippen LogP contribution in [-0.4, -0.2) is 24.8 Å². The van der Waals surface area contributed by atoms with E-state index in [1.165, 1.54) is 32.1 Å². The smallest absolute Gasteiger partial charge is 0.0461 e. The van der Waals surface area contributed by atoms with E-state index in [1.807, 2.05) is 0 Å². The van der Waals surface area contributed by atoms with Gasteiger partial charge in [-0.25, -0.2) is 0 Å². The molecule has 2 N–H and O–H groups in total. The number of nitrogens with one attached hydrogen (secondary N) is 1. The summed E-state index contributed by atoms with van der Waals surface area (Å²) in [6.45, 7) is 4.90. The van der Waals surface area contributed by atoms with Crippen molar-refractivity contribution >= 4 is 0 Å². The van der Waals surface area contributed by atoms with E-state index >= 15 is 0 Å². The second-order valence-electron chi connectivity index (χ2n) is 4.17. The molecule has 0 amide bonds. The third kappa shape index (κ3) is 3.65. The van der Waals surface area contributed by atoms with Crippen LogP contribution in [0.5, 0.6) is 0 Å². The number of hydrogen-bond acceptors (Lipinski definition) is 2. The third-order valence-electron chi connectivity index (χ3n) is 3.21.